The molecule has 0 heterocycles. The van der Waals surface area contributed by atoms with Gasteiger partial charge in [-0.05, 0) is 11.1 Å². The van der Waals surface area contributed by atoms with Crippen LogP contribution in [0.15, 0.2) is 0 Å². The van der Waals surface area contributed by atoms with Crippen molar-refractivity contribution in [2.24, 2.45) is 0 Å². The summed E-state index contributed by atoms with van der Waals surface area (Å²) >= 11 is 13.6. The third-order valence-electron chi connectivity index (χ3n) is 4.30. The van der Waals surface area contributed by atoms with Crippen LogP contribution in [0.2, 0.25) is 11.1 Å². The molecule has 0 saturated heterocycles. The molecule has 0 N–H and O–H groups in total. The van der Waals surface area contributed by atoms with Crippen molar-refractivity contribution >= 4 is 28.9 Å². The molecule has 0 aromatic heterocycles. The Morgan fingerprint density at radius 1 is 0.600 bits per heavy atom. The van der Waals surface area contributed by atoms with E-state index in [1.54, 1.807) is 0 Å². The van der Waals surface area contributed by atoms with Gasteiger partial charge in [0, 0.05) is 0 Å². The normalized spacial score (nSPS) is 26.8. The largest absolute Gasteiger partial charge is 0.257 e. The molecule has 0 nitrogen and oxygen atoms in total. The predicted molar refractivity (Wildman–Crippen MR) is 71.1 cm³/mol. The van der Waals surface area contributed by atoms with Gasteiger partial charge in [-0.15, -0.1) is 22.2 Å². The van der Waals surface area contributed by atoms with Crippen molar-refractivity contribution in [2.45, 2.75) is 75.3 Å². The number of halogens is 2. The van der Waals surface area contributed by atoms with Crippen LogP contribution >= 0.6 is 22.2 Å². The van der Waals surface area contributed by atoms with Crippen molar-refractivity contribution in [3.63, 3.8) is 0 Å². The number of hydrogen-bond donors (Lipinski definition) is 0. The van der Waals surface area contributed by atoms with Crippen LogP contribution in [0.3, 0.4) is 0 Å². The summed E-state index contributed by atoms with van der Waals surface area (Å²) in [6.45, 7) is -1.96. The quantitative estimate of drug-likeness (QED) is 0.452. The molecule has 2 saturated carbocycles. The molecule has 0 spiro atoms. The van der Waals surface area contributed by atoms with E-state index in [4.69, 9.17) is 22.2 Å². The second-order valence-corrected chi connectivity index (χ2v) is 12.7. The van der Waals surface area contributed by atoms with Gasteiger partial charge < -0.3 is 0 Å². The molecular formula is C12H22Cl2Si. The minimum atomic E-state index is -1.96. The van der Waals surface area contributed by atoms with Gasteiger partial charge in [-0.2, -0.15) is 0 Å². The van der Waals surface area contributed by atoms with Gasteiger partial charge in [0.15, 0.2) is 0 Å². The van der Waals surface area contributed by atoms with Crippen LogP contribution in [-0.4, -0.2) is 6.69 Å². The van der Waals surface area contributed by atoms with Crippen molar-refractivity contribution in [1.29, 1.82) is 0 Å². The van der Waals surface area contributed by atoms with Gasteiger partial charge in [-0.3, -0.25) is 0 Å². The fourth-order valence-corrected chi connectivity index (χ4v) is 8.95. The van der Waals surface area contributed by atoms with E-state index in [2.05, 4.69) is 0 Å². The third-order valence-corrected chi connectivity index (χ3v) is 11.3. The van der Waals surface area contributed by atoms with Gasteiger partial charge in [-0.25, -0.2) is 0 Å². The van der Waals surface area contributed by atoms with Crippen molar-refractivity contribution in [3.8, 4) is 0 Å². The molecule has 0 bridgehead atoms. The first-order valence-corrected chi connectivity index (χ1v) is 10.8. The van der Waals surface area contributed by atoms with E-state index in [0.717, 1.165) is 0 Å². The Morgan fingerprint density at radius 2 is 0.933 bits per heavy atom. The zero-order valence-electron chi connectivity index (χ0n) is 9.48. The fourth-order valence-electron chi connectivity index (χ4n) is 3.31. The molecule has 0 aromatic rings. The molecule has 0 aliphatic heterocycles. The molecule has 2 fully saturated rings. The molecular weight excluding hydrogens is 243 g/mol. The molecule has 88 valence electrons. The number of rotatable bonds is 2. The smallest absolute Gasteiger partial charge is 0.145 e. The third kappa shape index (κ3) is 2.92. The van der Waals surface area contributed by atoms with Crippen molar-refractivity contribution in [3.05, 3.63) is 0 Å². The van der Waals surface area contributed by atoms with Gasteiger partial charge in [0.1, 0.15) is 0 Å². The Balaban J connectivity index is 1.96. The minimum absolute atomic E-state index is 0.706. The van der Waals surface area contributed by atoms with Gasteiger partial charge in [0.25, 0.3) is 6.69 Å². The second-order valence-electron chi connectivity index (χ2n) is 5.34. The highest BCUT2D eigenvalue weighted by atomic mass is 35.7. The van der Waals surface area contributed by atoms with Gasteiger partial charge >= 0.3 is 0 Å². The lowest BCUT2D eigenvalue weighted by Crippen LogP contribution is -2.35. The molecule has 2 aliphatic rings. The number of hydrogen-bond acceptors (Lipinski definition) is 0. The Bertz CT molecular complexity index is 174. The van der Waals surface area contributed by atoms with Crippen LogP contribution in [0, 0.1) is 0 Å². The summed E-state index contributed by atoms with van der Waals surface area (Å²) in [4.78, 5) is 0. The molecule has 15 heavy (non-hydrogen) atoms. The first kappa shape index (κ1) is 12.3. The summed E-state index contributed by atoms with van der Waals surface area (Å²) in [7, 11) is 0. The van der Waals surface area contributed by atoms with E-state index in [1.807, 2.05) is 0 Å². The molecule has 0 aromatic carbocycles. The summed E-state index contributed by atoms with van der Waals surface area (Å²) in [5.41, 5.74) is 1.41. The monoisotopic (exact) mass is 264 g/mol. The summed E-state index contributed by atoms with van der Waals surface area (Å²) < 4.78 is 0. The first-order chi connectivity index (χ1) is 7.21. The van der Waals surface area contributed by atoms with Crippen LogP contribution in [0.25, 0.3) is 0 Å². The minimum Gasteiger partial charge on any atom is -0.145 e. The van der Waals surface area contributed by atoms with E-state index in [9.17, 15) is 0 Å². The lowest BCUT2D eigenvalue weighted by Gasteiger charge is -2.38. The average molecular weight is 265 g/mol. The van der Waals surface area contributed by atoms with E-state index in [0.29, 0.717) is 11.1 Å². The van der Waals surface area contributed by atoms with Crippen LogP contribution in [-0.2, 0) is 0 Å². The van der Waals surface area contributed by atoms with Crippen LogP contribution in [0.4, 0.5) is 0 Å². The van der Waals surface area contributed by atoms with Crippen molar-refractivity contribution < 1.29 is 0 Å². The topological polar surface area (TPSA) is 0 Å². The van der Waals surface area contributed by atoms with Crippen molar-refractivity contribution in [2.75, 3.05) is 0 Å². The van der Waals surface area contributed by atoms with Gasteiger partial charge in [0.2, 0.25) is 0 Å². The van der Waals surface area contributed by atoms with Crippen molar-refractivity contribution in [1.82, 2.24) is 0 Å². The maximum absolute atomic E-state index is 6.80. The molecule has 0 amide bonds. The molecule has 2 aliphatic carbocycles. The Labute approximate surface area is 104 Å². The first-order valence-electron chi connectivity index (χ1n) is 6.59. The maximum atomic E-state index is 6.80. The zero-order chi connectivity index (χ0) is 10.7. The van der Waals surface area contributed by atoms with Crippen LogP contribution < -0.4 is 0 Å². The van der Waals surface area contributed by atoms with E-state index in [-0.39, 0.29) is 0 Å². The summed E-state index contributed by atoms with van der Waals surface area (Å²) in [5, 5.41) is 0. The molecule has 2 rings (SSSR count). The summed E-state index contributed by atoms with van der Waals surface area (Å²) in [6.07, 6.45) is 13.5. The maximum Gasteiger partial charge on any atom is 0.257 e. The highest BCUT2D eigenvalue weighted by Crippen LogP contribution is 2.52. The highest BCUT2D eigenvalue weighted by Gasteiger charge is 2.45. The predicted octanol–water partition coefficient (Wildman–Crippen LogP) is 5.57. The second kappa shape index (κ2) is 5.42. The molecule has 0 unspecified atom stereocenters. The van der Waals surface area contributed by atoms with Gasteiger partial charge in [0.05, 0.1) is 0 Å². The SMILES string of the molecule is Cl[Si](Cl)(C1CCCCC1)C1CCCCC1. The Kier molecular flexibility index (Phi) is 4.43. The lowest BCUT2D eigenvalue weighted by atomic mass is 9.99. The molecule has 0 atom stereocenters. The van der Waals surface area contributed by atoms with E-state index < -0.39 is 6.69 Å². The van der Waals surface area contributed by atoms with Crippen LogP contribution in [0.1, 0.15) is 64.2 Å². The molecule has 3 heteroatoms. The standard InChI is InChI=1S/C12H22Cl2Si/c13-15(14,11-7-3-1-4-8-11)12-9-5-2-6-10-12/h11-12H,1-10H2. The molecule has 0 radical (unpaired) electrons. The van der Waals surface area contributed by atoms with E-state index in [1.165, 1.54) is 64.2 Å². The zero-order valence-corrected chi connectivity index (χ0v) is 12.0. The van der Waals surface area contributed by atoms with Gasteiger partial charge in [-0.1, -0.05) is 64.2 Å². The Morgan fingerprint density at radius 3 is 1.27 bits per heavy atom. The lowest BCUT2D eigenvalue weighted by molar-refractivity contribution is 0.464. The summed E-state index contributed by atoms with van der Waals surface area (Å²) in [6, 6.07) is 0. The van der Waals surface area contributed by atoms with Crippen LogP contribution in [0.5, 0.6) is 0 Å². The Hall–Kier alpha value is 0.797. The average Bonchev–Trinajstić information content (AvgIpc) is 2.31. The summed E-state index contributed by atoms with van der Waals surface area (Å²) in [5.74, 6) is 0. The highest BCUT2D eigenvalue weighted by molar-refractivity contribution is 7.46. The van der Waals surface area contributed by atoms with E-state index >= 15 is 0 Å². The fraction of sp³-hybridized carbons (Fsp3) is 1.00.